The molecule has 0 aliphatic carbocycles. The van der Waals surface area contributed by atoms with E-state index in [1.54, 1.807) is 6.20 Å². The Balaban J connectivity index is 1.76. The first-order valence-corrected chi connectivity index (χ1v) is 11.3. The Morgan fingerprint density at radius 2 is 1.62 bits per heavy atom. The monoisotopic (exact) mass is 374 g/mol. The number of aromatic nitrogens is 4. The number of pyridine rings is 1. The molecule has 138 valence electrons. The van der Waals surface area contributed by atoms with E-state index in [1.165, 1.54) is 25.7 Å². The lowest BCUT2D eigenvalue weighted by atomic mass is 10.4. The van der Waals surface area contributed by atoms with Gasteiger partial charge in [-0.25, -0.2) is 4.98 Å². The second-order valence-electron chi connectivity index (χ2n) is 7.30. The zero-order valence-corrected chi connectivity index (χ0v) is 15.9. The Morgan fingerprint density at radius 1 is 0.923 bits per heavy atom. The molecule has 3 fully saturated rings. The second kappa shape index (κ2) is 6.51. The lowest BCUT2D eigenvalue weighted by molar-refractivity contribution is -0.124. The standard InChI is InChI=1S/C17H25N7OP/c25-16-8-6-14-23(16)26(21-10-1-2-11-21,22-12-3-4-13-22)24-17-15(19-20-24)7-5-9-18-17/h5,7,9H,1-4,6,8,10-14H2/q+1. The summed E-state index contributed by atoms with van der Waals surface area (Å²) in [5, 5.41) is 9.02. The third-order valence-electron chi connectivity index (χ3n) is 5.74. The van der Waals surface area contributed by atoms with Gasteiger partial charge in [-0.1, -0.05) is 0 Å². The van der Waals surface area contributed by atoms with Crippen LogP contribution in [0.1, 0.15) is 38.5 Å². The van der Waals surface area contributed by atoms with E-state index in [-0.39, 0.29) is 5.91 Å². The summed E-state index contributed by atoms with van der Waals surface area (Å²) in [6.07, 6.45) is 8.09. The molecule has 5 heterocycles. The predicted molar refractivity (Wildman–Crippen MR) is 100 cm³/mol. The van der Waals surface area contributed by atoms with E-state index < -0.39 is 7.87 Å². The minimum atomic E-state index is -2.31. The molecule has 0 saturated carbocycles. The molecule has 1 amide bonds. The Kier molecular flexibility index (Phi) is 4.14. The Labute approximate surface area is 153 Å². The minimum Gasteiger partial charge on any atom is -0.271 e. The zero-order chi connectivity index (χ0) is 17.6. The lowest BCUT2D eigenvalue weighted by Crippen LogP contribution is -2.47. The van der Waals surface area contributed by atoms with E-state index in [1.807, 2.05) is 16.6 Å². The molecule has 0 radical (unpaired) electrons. The maximum Gasteiger partial charge on any atom is 0.383 e. The first-order chi connectivity index (χ1) is 12.8. The summed E-state index contributed by atoms with van der Waals surface area (Å²) in [5.74, 6) is 0.261. The van der Waals surface area contributed by atoms with Gasteiger partial charge in [-0.2, -0.15) is 4.67 Å². The summed E-state index contributed by atoms with van der Waals surface area (Å²) in [5.41, 5.74) is 1.61. The number of nitrogens with zero attached hydrogens (tertiary/aromatic N) is 7. The van der Waals surface area contributed by atoms with Gasteiger partial charge in [0, 0.05) is 38.8 Å². The largest absolute Gasteiger partial charge is 0.383 e. The number of fused-ring (bicyclic) bond motifs is 1. The fourth-order valence-corrected chi connectivity index (χ4v) is 9.27. The van der Waals surface area contributed by atoms with Crippen molar-refractivity contribution in [2.24, 2.45) is 0 Å². The molecule has 0 atom stereocenters. The quantitative estimate of drug-likeness (QED) is 0.764. The third-order valence-corrected chi connectivity index (χ3v) is 9.91. The maximum absolute atomic E-state index is 13.0. The lowest BCUT2D eigenvalue weighted by Gasteiger charge is -2.41. The van der Waals surface area contributed by atoms with Crippen molar-refractivity contribution in [1.29, 1.82) is 0 Å². The highest BCUT2D eigenvalue weighted by molar-refractivity contribution is 7.68. The topological polar surface area (TPSA) is 70.4 Å². The van der Waals surface area contributed by atoms with Crippen molar-refractivity contribution < 1.29 is 4.79 Å². The maximum atomic E-state index is 13.0. The first kappa shape index (κ1) is 16.5. The van der Waals surface area contributed by atoms with E-state index >= 15 is 0 Å². The van der Waals surface area contributed by atoms with E-state index in [4.69, 9.17) is 0 Å². The summed E-state index contributed by atoms with van der Waals surface area (Å²) < 4.78 is 9.29. The van der Waals surface area contributed by atoms with Gasteiger partial charge < -0.3 is 0 Å². The van der Waals surface area contributed by atoms with Crippen molar-refractivity contribution in [3.05, 3.63) is 18.3 Å². The molecule has 0 spiro atoms. The van der Waals surface area contributed by atoms with Crippen LogP contribution in [0, 0.1) is 0 Å². The number of rotatable bonds is 4. The highest BCUT2D eigenvalue weighted by Crippen LogP contribution is 2.71. The van der Waals surface area contributed by atoms with Gasteiger partial charge in [0.2, 0.25) is 5.65 Å². The van der Waals surface area contributed by atoms with Crippen molar-refractivity contribution >= 4 is 24.9 Å². The number of carbonyl (C=O) groups excluding carboxylic acids is 1. The van der Waals surface area contributed by atoms with Crippen LogP contribution in [0.5, 0.6) is 0 Å². The number of hydrogen-bond acceptors (Lipinski definition) is 6. The summed E-state index contributed by atoms with van der Waals surface area (Å²) >= 11 is 0. The molecule has 0 unspecified atom stereocenters. The van der Waals surface area contributed by atoms with Gasteiger partial charge in [-0.15, -0.1) is 14.4 Å². The van der Waals surface area contributed by atoms with Crippen LogP contribution in [0.2, 0.25) is 0 Å². The SMILES string of the molecule is O=C1CCCN1[P+](N1CCCC1)(N1CCCC1)n1nnc2cccnc21. The molecule has 9 heteroatoms. The van der Waals surface area contributed by atoms with Gasteiger partial charge in [-0.05, 0) is 53.9 Å². The summed E-state index contributed by atoms with van der Waals surface area (Å²) in [6, 6.07) is 3.86. The molecule has 3 saturated heterocycles. The fourth-order valence-electron chi connectivity index (χ4n) is 4.62. The molecule has 0 bridgehead atoms. The molecular formula is C17H25N7OP+. The molecule has 0 N–H and O–H groups in total. The molecule has 5 rings (SSSR count). The van der Waals surface area contributed by atoms with Crippen molar-refractivity contribution in [1.82, 2.24) is 33.8 Å². The van der Waals surface area contributed by atoms with Gasteiger partial charge in [0.1, 0.15) is 5.52 Å². The summed E-state index contributed by atoms with van der Waals surface area (Å²) in [7, 11) is -2.31. The molecule has 3 aliphatic heterocycles. The molecule has 2 aromatic rings. The molecule has 8 nitrogen and oxygen atoms in total. The van der Waals surface area contributed by atoms with Crippen molar-refractivity contribution in [3.63, 3.8) is 0 Å². The molecule has 26 heavy (non-hydrogen) atoms. The van der Waals surface area contributed by atoms with Crippen LogP contribution in [-0.4, -0.2) is 72.4 Å². The van der Waals surface area contributed by atoms with Crippen LogP contribution in [0.15, 0.2) is 18.3 Å². The molecular weight excluding hydrogens is 349 g/mol. The van der Waals surface area contributed by atoms with E-state index in [2.05, 4.69) is 29.3 Å². The number of amides is 1. The van der Waals surface area contributed by atoms with Crippen LogP contribution >= 0.6 is 7.87 Å². The minimum absolute atomic E-state index is 0.261. The molecule has 2 aromatic heterocycles. The summed E-state index contributed by atoms with van der Waals surface area (Å²) in [6.45, 7) is 4.88. The van der Waals surface area contributed by atoms with Crippen molar-refractivity contribution in [2.45, 2.75) is 38.5 Å². The first-order valence-electron chi connectivity index (χ1n) is 9.70. The fraction of sp³-hybridized carbons (Fsp3) is 0.647. The number of carbonyl (C=O) groups is 1. The van der Waals surface area contributed by atoms with Crippen LogP contribution in [0.25, 0.3) is 11.2 Å². The highest BCUT2D eigenvalue weighted by Gasteiger charge is 2.64. The van der Waals surface area contributed by atoms with Gasteiger partial charge in [-0.3, -0.25) is 4.79 Å². The Morgan fingerprint density at radius 3 is 2.23 bits per heavy atom. The Hall–Kier alpha value is -1.63. The van der Waals surface area contributed by atoms with Crippen LogP contribution < -0.4 is 0 Å². The second-order valence-corrected chi connectivity index (χ2v) is 10.4. The molecule has 3 aliphatic rings. The number of hydrogen-bond donors (Lipinski definition) is 0. The van der Waals surface area contributed by atoms with Gasteiger partial charge in [0.05, 0.1) is 6.54 Å². The van der Waals surface area contributed by atoms with Crippen molar-refractivity contribution in [3.8, 4) is 0 Å². The smallest absolute Gasteiger partial charge is 0.271 e. The van der Waals surface area contributed by atoms with E-state index in [0.29, 0.717) is 6.42 Å². The summed E-state index contributed by atoms with van der Waals surface area (Å²) in [4.78, 5) is 17.6. The van der Waals surface area contributed by atoms with Gasteiger partial charge in [0.25, 0.3) is 5.91 Å². The van der Waals surface area contributed by atoms with Crippen LogP contribution in [-0.2, 0) is 4.79 Å². The Bertz CT molecular complexity index is 796. The molecule has 0 aromatic carbocycles. The van der Waals surface area contributed by atoms with Crippen LogP contribution in [0.4, 0.5) is 0 Å². The average Bonchev–Trinajstić information content (AvgIpc) is 3.46. The van der Waals surface area contributed by atoms with E-state index in [9.17, 15) is 4.79 Å². The van der Waals surface area contributed by atoms with Gasteiger partial charge >= 0.3 is 7.87 Å². The average molecular weight is 374 g/mol. The van der Waals surface area contributed by atoms with Gasteiger partial charge in [0.15, 0.2) is 0 Å². The predicted octanol–water partition coefficient (Wildman–Crippen LogP) is 2.17. The van der Waals surface area contributed by atoms with Crippen molar-refractivity contribution in [2.75, 3.05) is 32.7 Å². The highest BCUT2D eigenvalue weighted by atomic mass is 31.2. The normalized spacial score (nSPS) is 22.9. The van der Waals surface area contributed by atoms with E-state index in [0.717, 1.165) is 50.3 Å². The van der Waals surface area contributed by atoms with Crippen LogP contribution in [0.3, 0.4) is 0 Å². The third kappa shape index (κ3) is 2.32. The zero-order valence-electron chi connectivity index (χ0n) is 15.0.